The number of nitrogens with two attached hydrogens (primary N) is 1. The standard InChI is InChI=1S/C19H15BrN6OS/c20-14-8-6-13(7-9-14)17(27)11-28-19-25-24-18(26(19)21)16-10-15(22-23-16)12-4-2-1-3-5-12/h1-10H,11,21H2,(H,22,23). The molecule has 0 aliphatic heterocycles. The van der Waals surface area contributed by atoms with Crippen molar-refractivity contribution in [1.82, 2.24) is 25.1 Å². The zero-order valence-electron chi connectivity index (χ0n) is 14.5. The molecule has 3 N–H and O–H groups in total. The predicted molar refractivity (Wildman–Crippen MR) is 112 cm³/mol. The molecule has 140 valence electrons. The fraction of sp³-hybridized carbons (Fsp3) is 0.0526. The molecule has 0 saturated heterocycles. The van der Waals surface area contributed by atoms with Crippen molar-refractivity contribution in [3.8, 4) is 22.8 Å². The Kier molecular flexibility index (Phi) is 5.27. The van der Waals surface area contributed by atoms with Crippen LogP contribution in [0.2, 0.25) is 0 Å². The summed E-state index contributed by atoms with van der Waals surface area (Å²) in [4.78, 5) is 12.3. The second-order valence-electron chi connectivity index (χ2n) is 5.93. The first-order valence-corrected chi connectivity index (χ1v) is 10.1. The van der Waals surface area contributed by atoms with Crippen molar-refractivity contribution in [2.45, 2.75) is 5.16 Å². The van der Waals surface area contributed by atoms with Gasteiger partial charge in [-0.05, 0) is 18.2 Å². The number of H-pyrrole nitrogens is 1. The number of thioether (sulfide) groups is 1. The number of aromatic nitrogens is 5. The molecule has 0 radical (unpaired) electrons. The van der Waals surface area contributed by atoms with Crippen molar-refractivity contribution >= 4 is 33.5 Å². The lowest BCUT2D eigenvalue weighted by Crippen LogP contribution is -2.13. The van der Waals surface area contributed by atoms with Gasteiger partial charge in [0.1, 0.15) is 5.69 Å². The van der Waals surface area contributed by atoms with Gasteiger partial charge in [0.2, 0.25) is 11.0 Å². The molecule has 0 saturated carbocycles. The number of benzene rings is 2. The highest BCUT2D eigenvalue weighted by Gasteiger charge is 2.16. The predicted octanol–water partition coefficient (Wildman–Crippen LogP) is 3.79. The quantitative estimate of drug-likeness (QED) is 0.261. The third-order valence-corrected chi connectivity index (χ3v) is 5.52. The Balaban J connectivity index is 1.48. The first-order valence-electron chi connectivity index (χ1n) is 8.35. The fourth-order valence-electron chi connectivity index (χ4n) is 2.60. The molecule has 7 nitrogen and oxygen atoms in total. The SMILES string of the molecule is Nn1c(SCC(=O)c2ccc(Br)cc2)nnc1-c1cc(-c2ccccc2)n[nH]1. The largest absolute Gasteiger partial charge is 0.335 e. The third-order valence-electron chi connectivity index (χ3n) is 4.05. The molecule has 2 heterocycles. The van der Waals surface area contributed by atoms with Gasteiger partial charge in [-0.25, -0.2) is 4.68 Å². The van der Waals surface area contributed by atoms with Gasteiger partial charge in [-0.3, -0.25) is 9.89 Å². The van der Waals surface area contributed by atoms with E-state index in [0.29, 0.717) is 22.2 Å². The van der Waals surface area contributed by atoms with Gasteiger partial charge in [-0.15, -0.1) is 10.2 Å². The highest BCUT2D eigenvalue weighted by molar-refractivity contribution is 9.10. The molecule has 0 amide bonds. The van der Waals surface area contributed by atoms with Crippen LogP contribution in [0.3, 0.4) is 0 Å². The maximum Gasteiger partial charge on any atom is 0.210 e. The number of rotatable bonds is 6. The molecule has 0 aliphatic rings. The highest BCUT2D eigenvalue weighted by atomic mass is 79.9. The second-order valence-corrected chi connectivity index (χ2v) is 7.79. The molecule has 28 heavy (non-hydrogen) atoms. The molecular weight excluding hydrogens is 440 g/mol. The van der Waals surface area contributed by atoms with Gasteiger partial charge >= 0.3 is 0 Å². The van der Waals surface area contributed by atoms with Crippen LogP contribution >= 0.6 is 27.7 Å². The van der Waals surface area contributed by atoms with E-state index in [-0.39, 0.29) is 11.5 Å². The molecule has 0 atom stereocenters. The summed E-state index contributed by atoms with van der Waals surface area (Å²) < 4.78 is 2.29. The Labute approximate surface area is 173 Å². The van der Waals surface area contributed by atoms with Crippen molar-refractivity contribution in [1.29, 1.82) is 0 Å². The number of carbonyl (C=O) groups is 1. The van der Waals surface area contributed by atoms with Crippen LogP contribution in [0, 0.1) is 0 Å². The number of nitrogens with zero attached hydrogens (tertiary/aromatic N) is 4. The molecule has 4 aromatic rings. The van der Waals surface area contributed by atoms with Gasteiger partial charge in [-0.1, -0.05) is 70.2 Å². The van der Waals surface area contributed by atoms with E-state index in [4.69, 9.17) is 5.84 Å². The van der Waals surface area contributed by atoms with E-state index >= 15 is 0 Å². The number of aromatic amines is 1. The van der Waals surface area contributed by atoms with Crippen LogP contribution < -0.4 is 5.84 Å². The van der Waals surface area contributed by atoms with Crippen LogP contribution in [-0.2, 0) is 0 Å². The smallest absolute Gasteiger partial charge is 0.210 e. The number of Topliss-reactive ketones (excluding diaryl/α,β-unsaturated/α-hetero) is 1. The Morgan fingerprint density at radius 2 is 1.86 bits per heavy atom. The van der Waals surface area contributed by atoms with Gasteiger partial charge in [0.05, 0.1) is 11.4 Å². The normalized spacial score (nSPS) is 10.9. The molecule has 2 aromatic heterocycles. The van der Waals surface area contributed by atoms with Crippen molar-refractivity contribution in [2.75, 3.05) is 11.6 Å². The second kappa shape index (κ2) is 7.99. The van der Waals surface area contributed by atoms with Crippen LogP contribution in [0.25, 0.3) is 22.8 Å². The molecule has 4 rings (SSSR count). The van der Waals surface area contributed by atoms with E-state index in [1.807, 2.05) is 48.5 Å². The monoisotopic (exact) mass is 454 g/mol. The number of nitrogen functional groups attached to an aromatic ring is 1. The molecule has 0 bridgehead atoms. The zero-order chi connectivity index (χ0) is 19.5. The minimum absolute atomic E-state index is 0.00467. The lowest BCUT2D eigenvalue weighted by atomic mass is 10.1. The van der Waals surface area contributed by atoms with Crippen LogP contribution in [0.4, 0.5) is 0 Å². The summed E-state index contributed by atoms with van der Waals surface area (Å²) in [5, 5.41) is 15.9. The number of nitrogens with one attached hydrogen (secondary N) is 1. The summed E-state index contributed by atoms with van der Waals surface area (Å²) in [6, 6.07) is 18.9. The van der Waals surface area contributed by atoms with Crippen molar-refractivity contribution in [3.05, 3.63) is 70.7 Å². The lowest BCUT2D eigenvalue weighted by molar-refractivity contribution is 0.102. The lowest BCUT2D eigenvalue weighted by Gasteiger charge is -2.02. The van der Waals surface area contributed by atoms with E-state index in [1.165, 1.54) is 16.4 Å². The average Bonchev–Trinajstić information content (AvgIpc) is 3.34. The number of halogens is 1. The highest BCUT2D eigenvalue weighted by Crippen LogP contribution is 2.25. The number of hydrogen-bond acceptors (Lipinski definition) is 6. The van der Waals surface area contributed by atoms with Crippen molar-refractivity contribution in [3.63, 3.8) is 0 Å². The Morgan fingerprint density at radius 1 is 1.11 bits per heavy atom. The molecule has 0 spiro atoms. The Hall–Kier alpha value is -2.91. The van der Waals surface area contributed by atoms with E-state index in [2.05, 4.69) is 36.3 Å². The Morgan fingerprint density at radius 3 is 2.61 bits per heavy atom. The van der Waals surface area contributed by atoms with Crippen molar-refractivity contribution in [2.24, 2.45) is 0 Å². The summed E-state index contributed by atoms with van der Waals surface area (Å²) in [6.07, 6.45) is 0. The summed E-state index contributed by atoms with van der Waals surface area (Å²) in [5.41, 5.74) is 3.07. The number of carbonyl (C=O) groups excluding carboxylic acids is 1. The summed E-state index contributed by atoms with van der Waals surface area (Å²) >= 11 is 4.60. The maximum absolute atomic E-state index is 12.3. The first kappa shape index (κ1) is 18.5. The van der Waals surface area contributed by atoms with E-state index in [0.717, 1.165) is 15.7 Å². The van der Waals surface area contributed by atoms with Gasteiger partial charge in [-0.2, -0.15) is 5.10 Å². The molecule has 0 unspecified atom stereocenters. The van der Waals surface area contributed by atoms with Crippen LogP contribution in [0.1, 0.15) is 10.4 Å². The average molecular weight is 455 g/mol. The number of ketones is 1. The van der Waals surface area contributed by atoms with Crippen LogP contribution in [-0.4, -0.2) is 36.6 Å². The summed E-state index contributed by atoms with van der Waals surface area (Å²) in [5.74, 6) is 6.80. The third kappa shape index (κ3) is 3.85. The number of hydrogen-bond donors (Lipinski definition) is 2. The van der Waals surface area contributed by atoms with Crippen LogP contribution in [0.5, 0.6) is 0 Å². The summed E-state index contributed by atoms with van der Waals surface area (Å²) in [6.45, 7) is 0. The maximum atomic E-state index is 12.3. The van der Waals surface area contributed by atoms with Crippen molar-refractivity contribution < 1.29 is 4.79 Å². The molecule has 0 fully saturated rings. The molecular formula is C19H15BrN6OS. The molecule has 9 heteroatoms. The summed E-state index contributed by atoms with van der Waals surface area (Å²) in [7, 11) is 0. The molecule has 2 aromatic carbocycles. The van der Waals surface area contributed by atoms with Gasteiger partial charge in [0, 0.05) is 15.6 Å². The zero-order valence-corrected chi connectivity index (χ0v) is 16.9. The Bertz CT molecular complexity index is 1110. The van der Waals surface area contributed by atoms with Crippen LogP contribution in [0.15, 0.2) is 70.3 Å². The minimum atomic E-state index is -0.00467. The topological polar surface area (TPSA) is 102 Å². The molecule has 0 aliphatic carbocycles. The van der Waals surface area contributed by atoms with E-state index in [1.54, 1.807) is 12.1 Å². The van der Waals surface area contributed by atoms with E-state index in [9.17, 15) is 4.79 Å². The van der Waals surface area contributed by atoms with Gasteiger partial charge < -0.3 is 5.84 Å². The van der Waals surface area contributed by atoms with Gasteiger partial charge in [0.25, 0.3) is 0 Å². The van der Waals surface area contributed by atoms with E-state index < -0.39 is 0 Å². The minimum Gasteiger partial charge on any atom is -0.335 e. The van der Waals surface area contributed by atoms with Gasteiger partial charge in [0.15, 0.2) is 5.78 Å². The fourth-order valence-corrected chi connectivity index (χ4v) is 3.62. The first-order chi connectivity index (χ1) is 13.6.